The fourth-order valence-corrected chi connectivity index (χ4v) is 3.56. The summed E-state index contributed by atoms with van der Waals surface area (Å²) in [5.41, 5.74) is 1.34. The van der Waals surface area contributed by atoms with Crippen LogP contribution in [0, 0.1) is 5.41 Å². The van der Waals surface area contributed by atoms with Crippen molar-refractivity contribution in [2.24, 2.45) is 5.41 Å². The summed E-state index contributed by atoms with van der Waals surface area (Å²) >= 11 is 0. The molecule has 2 nitrogen and oxygen atoms in total. The number of ether oxygens (including phenoxy) is 1. The molecule has 0 amide bonds. The summed E-state index contributed by atoms with van der Waals surface area (Å²) in [6.07, 6.45) is 22.9. The minimum Gasteiger partial charge on any atom is -0.448 e. The van der Waals surface area contributed by atoms with Gasteiger partial charge < -0.3 is 10.1 Å². The Morgan fingerprint density at radius 1 is 0.800 bits per heavy atom. The topological polar surface area (TPSA) is 21.3 Å². The van der Waals surface area contributed by atoms with Gasteiger partial charge in [-0.1, -0.05) is 111 Å². The van der Waals surface area contributed by atoms with Crippen LogP contribution < -0.4 is 5.32 Å². The molecule has 0 saturated heterocycles. The molecule has 0 aliphatic carbocycles. The molecule has 1 rings (SSSR count). The Labute approximate surface area is 157 Å². The average molecular weight is 350 g/mol. The summed E-state index contributed by atoms with van der Waals surface area (Å²) in [7, 11) is 0. The summed E-state index contributed by atoms with van der Waals surface area (Å²) in [6.45, 7) is 10.7. The third-order valence-electron chi connectivity index (χ3n) is 5.48. The summed E-state index contributed by atoms with van der Waals surface area (Å²) in [5.74, 6) is 0.657. The Bertz CT molecular complexity index is 384. The SMILES string of the molecule is C=C1NC(C(C)(C)CCCCCCCCCCCCCCCC)=CO1. The second-order valence-corrected chi connectivity index (χ2v) is 8.43. The first-order valence-corrected chi connectivity index (χ1v) is 10.9. The first-order valence-electron chi connectivity index (χ1n) is 10.9. The molecule has 0 saturated carbocycles. The smallest absolute Gasteiger partial charge is 0.189 e. The Hall–Kier alpha value is -0.920. The van der Waals surface area contributed by atoms with Crippen LogP contribution in [0.4, 0.5) is 0 Å². The highest BCUT2D eigenvalue weighted by Crippen LogP contribution is 2.33. The second kappa shape index (κ2) is 13.3. The maximum absolute atomic E-state index is 5.31. The first kappa shape index (κ1) is 22.1. The van der Waals surface area contributed by atoms with E-state index in [0.29, 0.717) is 5.88 Å². The number of hydrogen-bond acceptors (Lipinski definition) is 2. The third-order valence-corrected chi connectivity index (χ3v) is 5.48. The van der Waals surface area contributed by atoms with Gasteiger partial charge in [-0.25, -0.2) is 0 Å². The van der Waals surface area contributed by atoms with Crippen LogP contribution in [0.15, 0.2) is 24.4 Å². The van der Waals surface area contributed by atoms with E-state index in [9.17, 15) is 0 Å². The van der Waals surface area contributed by atoms with Crippen molar-refractivity contribution < 1.29 is 4.74 Å². The molecule has 0 aromatic heterocycles. The molecular weight excluding hydrogens is 306 g/mol. The molecule has 0 spiro atoms. The Morgan fingerprint density at radius 2 is 1.24 bits per heavy atom. The van der Waals surface area contributed by atoms with Crippen molar-refractivity contribution in [1.82, 2.24) is 5.32 Å². The predicted octanol–water partition coefficient (Wildman–Crippen LogP) is 7.82. The molecule has 25 heavy (non-hydrogen) atoms. The lowest BCUT2D eigenvalue weighted by Gasteiger charge is -2.25. The van der Waals surface area contributed by atoms with Crippen molar-refractivity contribution in [3.63, 3.8) is 0 Å². The van der Waals surface area contributed by atoms with Gasteiger partial charge in [-0.15, -0.1) is 0 Å². The van der Waals surface area contributed by atoms with Crippen LogP contribution in [0.25, 0.3) is 0 Å². The van der Waals surface area contributed by atoms with E-state index in [4.69, 9.17) is 4.74 Å². The quantitative estimate of drug-likeness (QED) is 0.287. The van der Waals surface area contributed by atoms with Crippen molar-refractivity contribution in [2.45, 2.75) is 117 Å². The maximum atomic E-state index is 5.31. The van der Waals surface area contributed by atoms with Crippen LogP contribution in [0.3, 0.4) is 0 Å². The van der Waals surface area contributed by atoms with E-state index < -0.39 is 0 Å². The van der Waals surface area contributed by atoms with Gasteiger partial charge in [0.05, 0.1) is 5.70 Å². The van der Waals surface area contributed by atoms with Gasteiger partial charge in [0.1, 0.15) is 6.26 Å². The Kier molecular flexibility index (Phi) is 11.8. The zero-order chi connectivity index (χ0) is 18.4. The fourth-order valence-electron chi connectivity index (χ4n) is 3.56. The lowest BCUT2D eigenvalue weighted by molar-refractivity contribution is 0.359. The van der Waals surface area contributed by atoms with E-state index in [1.165, 1.54) is 102 Å². The summed E-state index contributed by atoms with van der Waals surface area (Å²) in [5, 5.41) is 3.24. The highest BCUT2D eigenvalue weighted by atomic mass is 16.5. The Morgan fingerprint density at radius 3 is 1.64 bits per heavy atom. The van der Waals surface area contributed by atoms with Crippen LogP contribution in [-0.4, -0.2) is 0 Å². The van der Waals surface area contributed by atoms with E-state index in [1.54, 1.807) is 0 Å². The lowest BCUT2D eigenvalue weighted by Crippen LogP contribution is -2.22. The molecule has 0 unspecified atom stereocenters. The fraction of sp³-hybridized carbons (Fsp3) is 0.826. The van der Waals surface area contributed by atoms with Gasteiger partial charge in [0.2, 0.25) is 0 Å². The van der Waals surface area contributed by atoms with Crippen molar-refractivity contribution in [3.05, 3.63) is 24.4 Å². The molecule has 2 heteroatoms. The molecule has 1 aliphatic heterocycles. The molecule has 0 radical (unpaired) electrons. The largest absolute Gasteiger partial charge is 0.448 e. The average Bonchev–Trinajstić information content (AvgIpc) is 3.02. The van der Waals surface area contributed by atoms with Crippen molar-refractivity contribution in [1.29, 1.82) is 0 Å². The molecule has 0 aromatic rings. The highest BCUT2D eigenvalue weighted by molar-refractivity contribution is 5.16. The van der Waals surface area contributed by atoms with Crippen LogP contribution in [0.5, 0.6) is 0 Å². The third kappa shape index (κ3) is 10.6. The van der Waals surface area contributed by atoms with Gasteiger partial charge in [0, 0.05) is 5.41 Å². The normalized spacial score (nSPS) is 14.4. The van der Waals surface area contributed by atoms with Crippen LogP contribution >= 0.6 is 0 Å². The number of hydrogen-bond donors (Lipinski definition) is 1. The number of unbranched alkanes of at least 4 members (excludes halogenated alkanes) is 13. The maximum Gasteiger partial charge on any atom is 0.189 e. The molecular formula is C23H43NO. The summed E-state index contributed by atoms with van der Waals surface area (Å²) < 4.78 is 5.31. The number of allylic oxidation sites excluding steroid dienone is 1. The minimum absolute atomic E-state index is 0.163. The monoisotopic (exact) mass is 349 g/mol. The minimum atomic E-state index is 0.163. The highest BCUT2D eigenvalue weighted by Gasteiger charge is 2.26. The molecule has 0 aromatic carbocycles. The predicted molar refractivity (Wildman–Crippen MR) is 110 cm³/mol. The van der Waals surface area contributed by atoms with Crippen molar-refractivity contribution in [2.75, 3.05) is 0 Å². The van der Waals surface area contributed by atoms with Crippen LogP contribution in [-0.2, 0) is 4.74 Å². The van der Waals surface area contributed by atoms with E-state index in [1.807, 2.05) is 6.26 Å². The molecule has 0 bridgehead atoms. The van der Waals surface area contributed by atoms with Gasteiger partial charge in [0.25, 0.3) is 0 Å². The van der Waals surface area contributed by atoms with Gasteiger partial charge in [-0.3, -0.25) is 0 Å². The second-order valence-electron chi connectivity index (χ2n) is 8.43. The van der Waals surface area contributed by atoms with E-state index in [-0.39, 0.29) is 5.41 Å². The molecule has 0 fully saturated rings. The zero-order valence-corrected chi connectivity index (χ0v) is 17.3. The Balaban J connectivity index is 1.85. The lowest BCUT2D eigenvalue weighted by atomic mass is 9.84. The number of rotatable bonds is 16. The van der Waals surface area contributed by atoms with Gasteiger partial charge >= 0.3 is 0 Å². The zero-order valence-electron chi connectivity index (χ0n) is 17.3. The van der Waals surface area contributed by atoms with Crippen LogP contribution in [0.1, 0.15) is 117 Å². The van der Waals surface area contributed by atoms with Crippen LogP contribution in [0.2, 0.25) is 0 Å². The molecule has 146 valence electrons. The van der Waals surface area contributed by atoms with E-state index in [2.05, 4.69) is 32.7 Å². The molecule has 1 heterocycles. The van der Waals surface area contributed by atoms with Gasteiger partial charge in [-0.05, 0) is 13.0 Å². The first-order chi connectivity index (χ1) is 12.1. The van der Waals surface area contributed by atoms with Gasteiger partial charge in [-0.2, -0.15) is 0 Å². The van der Waals surface area contributed by atoms with Crippen molar-refractivity contribution in [3.8, 4) is 0 Å². The summed E-state index contributed by atoms with van der Waals surface area (Å²) in [6, 6.07) is 0. The van der Waals surface area contributed by atoms with E-state index >= 15 is 0 Å². The molecule has 0 atom stereocenters. The molecule has 1 aliphatic rings. The van der Waals surface area contributed by atoms with Gasteiger partial charge in [0.15, 0.2) is 5.88 Å². The standard InChI is InChI=1S/C23H43NO/c1-5-6-7-8-9-10-11-12-13-14-15-16-17-18-19-23(3,4)22-20-25-21(2)24-22/h20,24H,2,5-19H2,1,3-4H3. The molecule has 1 N–H and O–H groups in total. The number of nitrogens with one attached hydrogen (secondary N) is 1. The van der Waals surface area contributed by atoms with Crippen molar-refractivity contribution >= 4 is 0 Å². The summed E-state index contributed by atoms with van der Waals surface area (Å²) in [4.78, 5) is 0. The van der Waals surface area contributed by atoms with E-state index in [0.717, 1.165) is 0 Å².